The summed E-state index contributed by atoms with van der Waals surface area (Å²) in [4.78, 5) is 9.08. The molecule has 9 heteroatoms. The molecule has 4 atom stereocenters. The van der Waals surface area contributed by atoms with Gasteiger partial charge in [-0.25, -0.2) is 9.67 Å². The number of hydrogen-bond acceptors (Lipinski definition) is 8. The first-order chi connectivity index (χ1) is 15.4. The van der Waals surface area contributed by atoms with Gasteiger partial charge in [-0.05, 0) is 32.2 Å². The largest absolute Gasteiger partial charge is 0.436 e. The molecule has 1 aliphatic heterocycles. The first kappa shape index (κ1) is 19.5. The number of nitrogens with zero attached hydrogens (tertiary/aromatic N) is 5. The van der Waals surface area contributed by atoms with E-state index in [1.807, 2.05) is 56.3 Å². The summed E-state index contributed by atoms with van der Waals surface area (Å²) in [5.74, 6) is 0.797. The van der Waals surface area contributed by atoms with Crippen LogP contribution in [0.1, 0.15) is 32.1 Å². The molecule has 0 amide bonds. The summed E-state index contributed by atoms with van der Waals surface area (Å²) in [6, 6.07) is 13.6. The van der Waals surface area contributed by atoms with Crippen LogP contribution in [0.2, 0.25) is 0 Å². The molecule has 9 nitrogen and oxygen atoms in total. The van der Waals surface area contributed by atoms with Crippen molar-refractivity contribution in [1.29, 1.82) is 0 Å². The van der Waals surface area contributed by atoms with Crippen LogP contribution in [0.15, 0.2) is 42.5 Å². The van der Waals surface area contributed by atoms with Gasteiger partial charge in [-0.1, -0.05) is 41.6 Å². The molecular formula is C23H23N5O4. The Balaban J connectivity index is 1.42. The number of aryl methyl sites for hydroxylation is 1. The Hall–Kier alpha value is -3.14. The fraction of sp³-hybridized carbons (Fsp3) is 0.391. The van der Waals surface area contributed by atoms with Gasteiger partial charge in [-0.15, -0.1) is 5.10 Å². The van der Waals surface area contributed by atoms with Crippen LogP contribution >= 0.6 is 0 Å². The average Bonchev–Trinajstić information content (AvgIpc) is 3.40. The van der Waals surface area contributed by atoms with Crippen molar-refractivity contribution in [1.82, 2.24) is 25.0 Å². The van der Waals surface area contributed by atoms with Crippen molar-refractivity contribution in [3.8, 4) is 11.6 Å². The summed E-state index contributed by atoms with van der Waals surface area (Å²) in [6.07, 6.45) is -0.974. The van der Waals surface area contributed by atoms with Crippen LogP contribution in [0.3, 0.4) is 0 Å². The summed E-state index contributed by atoms with van der Waals surface area (Å²) >= 11 is 0. The van der Waals surface area contributed by atoms with Crippen molar-refractivity contribution < 1.29 is 19.3 Å². The number of fused-ring (bicyclic) bond motifs is 3. The molecule has 4 aromatic rings. The minimum atomic E-state index is -0.765. The lowest BCUT2D eigenvalue weighted by Crippen LogP contribution is -2.29. The summed E-state index contributed by atoms with van der Waals surface area (Å²) in [5.41, 5.74) is 0.999. The number of aromatic nitrogens is 5. The summed E-state index contributed by atoms with van der Waals surface area (Å²) < 4.78 is 19.9. The smallest absolute Gasteiger partial charge is 0.253 e. The average molecular weight is 433 g/mol. The Labute approximate surface area is 183 Å². The highest BCUT2D eigenvalue weighted by atomic mass is 16.8. The Morgan fingerprint density at radius 1 is 1.06 bits per heavy atom. The monoisotopic (exact) mass is 433 g/mol. The molecule has 2 aliphatic rings. The number of benzene rings is 2. The van der Waals surface area contributed by atoms with Crippen LogP contribution in [0, 0.1) is 6.92 Å². The second-order valence-electron chi connectivity index (χ2n) is 8.80. The van der Waals surface area contributed by atoms with Crippen molar-refractivity contribution in [2.75, 3.05) is 0 Å². The standard InChI is InChI=1S/C23H23N5O4/c1-12-24-21-18(22(25-12)30-17-10-6-8-13-7-4-5-9-14(13)17)26-27-28(21)15-11-16(29)20-19(15)31-23(2,3)32-20/h4-10,15-16,19-20,29H,11H2,1-3H3/t15-,16+,19+,20-/m1/s1. The molecule has 2 aromatic carbocycles. The van der Waals surface area contributed by atoms with Crippen molar-refractivity contribution in [2.45, 2.75) is 57.3 Å². The van der Waals surface area contributed by atoms with Gasteiger partial charge in [0.25, 0.3) is 5.88 Å². The number of aliphatic hydroxyl groups excluding tert-OH is 1. The Morgan fingerprint density at radius 3 is 2.72 bits per heavy atom. The third kappa shape index (κ3) is 3.04. The quantitative estimate of drug-likeness (QED) is 0.525. The SMILES string of the molecule is Cc1nc(Oc2cccc3ccccc23)c2nnn([C@@H]3C[C@H](O)[C@H]4OC(C)(C)O[C@H]43)c2n1. The molecular weight excluding hydrogens is 410 g/mol. The van der Waals surface area contributed by atoms with E-state index in [9.17, 15) is 5.11 Å². The molecule has 0 radical (unpaired) electrons. The normalized spacial score (nSPS) is 26.6. The predicted octanol–water partition coefficient (Wildman–Crippen LogP) is 3.30. The first-order valence-corrected chi connectivity index (χ1v) is 10.7. The van der Waals surface area contributed by atoms with Crippen LogP contribution in [0.4, 0.5) is 0 Å². The van der Waals surface area contributed by atoms with Crippen LogP contribution in [-0.2, 0) is 9.47 Å². The van der Waals surface area contributed by atoms with E-state index in [1.165, 1.54) is 0 Å². The molecule has 2 fully saturated rings. The number of ether oxygens (including phenoxy) is 3. The van der Waals surface area contributed by atoms with E-state index >= 15 is 0 Å². The molecule has 32 heavy (non-hydrogen) atoms. The van der Waals surface area contributed by atoms with Crippen molar-refractivity contribution >= 4 is 21.9 Å². The highest BCUT2D eigenvalue weighted by Crippen LogP contribution is 2.44. The minimum Gasteiger partial charge on any atom is -0.436 e. The Bertz CT molecular complexity index is 1330. The third-order valence-corrected chi connectivity index (χ3v) is 6.08. The molecule has 1 saturated carbocycles. The highest BCUT2D eigenvalue weighted by Gasteiger charge is 2.55. The van der Waals surface area contributed by atoms with Crippen molar-refractivity contribution in [3.63, 3.8) is 0 Å². The second-order valence-corrected chi connectivity index (χ2v) is 8.80. The highest BCUT2D eigenvalue weighted by molar-refractivity contribution is 5.89. The minimum absolute atomic E-state index is 0.263. The number of aliphatic hydroxyl groups is 1. The van der Waals surface area contributed by atoms with Crippen LogP contribution in [-0.4, -0.2) is 54.2 Å². The zero-order valence-corrected chi connectivity index (χ0v) is 18.0. The number of rotatable bonds is 3. The molecule has 2 aromatic heterocycles. The number of hydrogen-bond donors (Lipinski definition) is 1. The fourth-order valence-electron chi connectivity index (χ4n) is 4.76. The van der Waals surface area contributed by atoms with E-state index in [-0.39, 0.29) is 12.1 Å². The topological polar surface area (TPSA) is 104 Å². The van der Waals surface area contributed by atoms with Gasteiger partial charge in [0.15, 0.2) is 17.0 Å². The van der Waals surface area contributed by atoms with Crippen LogP contribution in [0.25, 0.3) is 21.9 Å². The predicted molar refractivity (Wildman–Crippen MR) is 115 cm³/mol. The van der Waals surface area contributed by atoms with Crippen LogP contribution in [0.5, 0.6) is 11.6 Å². The van der Waals surface area contributed by atoms with Gasteiger partial charge in [0.05, 0.1) is 12.1 Å². The Kier molecular flexibility index (Phi) is 4.23. The second kappa shape index (κ2) is 6.93. The first-order valence-electron chi connectivity index (χ1n) is 10.7. The van der Waals surface area contributed by atoms with Crippen LogP contribution < -0.4 is 4.74 Å². The van der Waals surface area contributed by atoms with E-state index in [1.54, 1.807) is 11.6 Å². The van der Waals surface area contributed by atoms with Gasteiger partial charge in [-0.2, -0.15) is 4.98 Å². The maximum absolute atomic E-state index is 10.6. The van der Waals surface area contributed by atoms with Gasteiger partial charge in [0.2, 0.25) is 0 Å². The van der Waals surface area contributed by atoms with E-state index in [0.29, 0.717) is 35.0 Å². The molecule has 1 N–H and O–H groups in total. The summed E-state index contributed by atoms with van der Waals surface area (Å²) in [6.45, 7) is 5.49. The molecule has 0 unspecified atom stereocenters. The molecule has 0 spiro atoms. The third-order valence-electron chi connectivity index (χ3n) is 6.08. The van der Waals surface area contributed by atoms with E-state index in [4.69, 9.17) is 14.2 Å². The van der Waals surface area contributed by atoms with Gasteiger partial charge in [0, 0.05) is 11.8 Å². The molecule has 0 bridgehead atoms. The van der Waals surface area contributed by atoms with Crippen molar-refractivity contribution in [2.24, 2.45) is 0 Å². The van der Waals surface area contributed by atoms with Crippen molar-refractivity contribution in [3.05, 3.63) is 48.3 Å². The molecule has 3 heterocycles. The summed E-state index contributed by atoms with van der Waals surface area (Å²) in [7, 11) is 0. The van der Waals surface area contributed by atoms with Gasteiger partial charge >= 0.3 is 0 Å². The van der Waals surface area contributed by atoms with Gasteiger partial charge in [0.1, 0.15) is 23.8 Å². The molecule has 6 rings (SSSR count). The zero-order valence-electron chi connectivity index (χ0n) is 18.0. The lowest BCUT2D eigenvalue weighted by molar-refractivity contribution is -0.165. The molecule has 1 aliphatic carbocycles. The van der Waals surface area contributed by atoms with Gasteiger partial charge in [-0.3, -0.25) is 0 Å². The molecule has 164 valence electrons. The summed E-state index contributed by atoms with van der Waals surface area (Å²) in [5, 5.41) is 21.3. The van der Waals surface area contributed by atoms with E-state index in [0.717, 1.165) is 10.8 Å². The molecule has 1 saturated heterocycles. The maximum atomic E-state index is 10.6. The lowest BCUT2D eigenvalue weighted by Gasteiger charge is -2.22. The fourth-order valence-corrected chi connectivity index (χ4v) is 4.76. The van der Waals surface area contributed by atoms with E-state index in [2.05, 4.69) is 20.3 Å². The van der Waals surface area contributed by atoms with Gasteiger partial charge < -0.3 is 19.3 Å². The maximum Gasteiger partial charge on any atom is 0.253 e. The zero-order chi connectivity index (χ0) is 22.0. The lowest BCUT2D eigenvalue weighted by atomic mass is 10.1. The van der Waals surface area contributed by atoms with E-state index < -0.39 is 18.0 Å². The Morgan fingerprint density at radius 2 is 1.84 bits per heavy atom.